The third kappa shape index (κ3) is 4.43. The van der Waals surface area contributed by atoms with E-state index in [1.54, 1.807) is 6.92 Å². The lowest BCUT2D eigenvalue weighted by Gasteiger charge is -2.36. The van der Waals surface area contributed by atoms with E-state index in [-0.39, 0.29) is 31.7 Å². The number of nitrogens with one attached hydrogen (secondary N) is 1. The molecule has 1 heterocycles. The number of carbonyl (C=O) groups excluding carboxylic acids is 2. The molecule has 0 bridgehead atoms. The summed E-state index contributed by atoms with van der Waals surface area (Å²) in [4.78, 5) is 36.5. The zero-order chi connectivity index (χ0) is 18.6. The van der Waals surface area contributed by atoms with Crippen LogP contribution in [0.1, 0.15) is 23.7 Å². The minimum absolute atomic E-state index is 0.0952. The molecular weight excluding hydrogens is 338 g/mol. The van der Waals surface area contributed by atoms with Gasteiger partial charge in [-0.3, -0.25) is 9.59 Å². The van der Waals surface area contributed by atoms with Crippen LogP contribution in [0, 0.1) is 17.6 Å². The molecule has 1 fully saturated rings. The maximum atomic E-state index is 13.3. The largest absolute Gasteiger partial charge is 0.466 e. The summed E-state index contributed by atoms with van der Waals surface area (Å²) in [7, 11) is 0. The Labute approximate surface area is 142 Å². The molecule has 0 saturated carbocycles. The van der Waals surface area contributed by atoms with Crippen LogP contribution in [0.4, 0.5) is 13.6 Å². The molecule has 1 aromatic rings. The fraction of sp³-hybridized carbons (Fsp3) is 0.438. The van der Waals surface area contributed by atoms with Crippen molar-refractivity contribution in [2.45, 2.75) is 19.4 Å². The Morgan fingerprint density at radius 3 is 2.64 bits per heavy atom. The third-order valence-corrected chi connectivity index (χ3v) is 3.97. The molecule has 0 spiro atoms. The molecule has 2 amide bonds. The van der Waals surface area contributed by atoms with Crippen molar-refractivity contribution in [3.8, 4) is 0 Å². The maximum Gasteiger partial charge on any atom is 0.407 e. The van der Waals surface area contributed by atoms with Crippen molar-refractivity contribution in [1.82, 2.24) is 10.2 Å². The first-order chi connectivity index (χ1) is 11.8. The van der Waals surface area contributed by atoms with Gasteiger partial charge < -0.3 is 20.1 Å². The highest BCUT2D eigenvalue weighted by atomic mass is 19.2. The van der Waals surface area contributed by atoms with Gasteiger partial charge in [-0.25, -0.2) is 13.6 Å². The lowest BCUT2D eigenvalue weighted by Crippen LogP contribution is -2.55. The molecule has 2 rings (SSSR count). The number of piperidine rings is 1. The summed E-state index contributed by atoms with van der Waals surface area (Å²) in [6.07, 6.45) is -0.967. The molecule has 0 aliphatic carbocycles. The van der Waals surface area contributed by atoms with Crippen LogP contribution < -0.4 is 5.32 Å². The van der Waals surface area contributed by atoms with Gasteiger partial charge in [0.25, 0.3) is 5.91 Å². The average molecular weight is 356 g/mol. The molecule has 9 heteroatoms. The number of hydrogen-bond donors (Lipinski definition) is 2. The first kappa shape index (κ1) is 18.6. The number of amides is 2. The lowest BCUT2D eigenvalue weighted by atomic mass is 9.92. The highest BCUT2D eigenvalue weighted by Crippen LogP contribution is 2.20. The monoisotopic (exact) mass is 356 g/mol. The molecule has 136 valence electrons. The first-order valence-electron chi connectivity index (χ1n) is 7.74. The second-order valence-corrected chi connectivity index (χ2v) is 5.58. The van der Waals surface area contributed by atoms with Gasteiger partial charge in [0, 0.05) is 24.7 Å². The molecule has 25 heavy (non-hydrogen) atoms. The maximum absolute atomic E-state index is 13.3. The molecule has 7 nitrogen and oxygen atoms in total. The van der Waals surface area contributed by atoms with Crippen LogP contribution in [0.5, 0.6) is 0 Å². The first-order valence-corrected chi connectivity index (χ1v) is 7.74. The topological polar surface area (TPSA) is 95.9 Å². The summed E-state index contributed by atoms with van der Waals surface area (Å²) < 4.78 is 31.2. The van der Waals surface area contributed by atoms with Crippen LogP contribution in [-0.4, -0.2) is 53.7 Å². The third-order valence-electron chi connectivity index (χ3n) is 3.97. The standard InChI is InChI=1S/C16H18F2N2O5/c1-2-25-15(22)10-8-20(16(23)24)6-5-13(10)19-14(21)9-3-4-11(17)12(18)7-9/h3-4,7,10,13H,2,5-6,8H2,1H3,(H,19,21)(H,23,24). The number of hydrogen-bond acceptors (Lipinski definition) is 4. The number of carboxylic acid groups (broad SMARTS) is 1. The molecule has 0 aromatic heterocycles. The van der Waals surface area contributed by atoms with E-state index in [4.69, 9.17) is 9.84 Å². The van der Waals surface area contributed by atoms with Crippen molar-refractivity contribution < 1.29 is 33.0 Å². The minimum atomic E-state index is -1.17. The SMILES string of the molecule is CCOC(=O)C1CN(C(=O)O)CCC1NC(=O)c1ccc(F)c(F)c1. The molecule has 2 unspecified atom stereocenters. The van der Waals surface area contributed by atoms with Crippen LogP contribution in [0.25, 0.3) is 0 Å². The van der Waals surface area contributed by atoms with Gasteiger partial charge in [0.15, 0.2) is 11.6 Å². The van der Waals surface area contributed by atoms with Gasteiger partial charge in [-0.15, -0.1) is 0 Å². The van der Waals surface area contributed by atoms with Gasteiger partial charge in [-0.2, -0.15) is 0 Å². The number of likely N-dealkylation sites (tertiary alicyclic amines) is 1. The Morgan fingerprint density at radius 1 is 1.32 bits per heavy atom. The van der Waals surface area contributed by atoms with Gasteiger partial charge in [0.1, 0.15) is 0 Å². The molecule has 1 saturated heterocycles. The van der Waals surface area contributed by atoms with Gasteiger partial charge >= 0.3 is 12.1 Å². The molecule has 1 aromatic carbocycles. The molecule has 1 aliphatic heterocycles. The van der Waals surface area contributed by atoms with Crippen molar-refractivity contribution in [3.63, 3.8) is 0 Å². The van der Waals surface area contributed by atoms with Gasteiger partial charge in [0.2, 0.25) is 0 Å². The van der Waals surface area contributed by atoms with Gasteiger partial charge in [0.05, 0.1) is 12.5 Å². The number of carbonyl (C=O) groups is 3. The number of benzene rings is 1. The predicted molar refractivity (Wildman–Crippen MR) is 82.0 cm³/mol. The Morgan fingerprint density at radius 2 is 2.04 bits per heavy atom. The molecular formula is C16H18F2N2O5. The van der Waals surface area contributed by atoms with E-state index in [2.05, 4.69) is 5.32 Å². The zero-order valence-electron chi connectivity index (χ0n) is 13.5. The lowest BCUT2D eigenvalue weighted by molar-refractivity contribution is -0.150. The Bertz CT molecular complexity index is 682. The number of ether oxygens (including phenoxy) is 1. The predicted octanol–water partition coefficient (Wildman–Crippen LogP) is 1.63. The molecule has 1 aliphatic rings. The van der Waals surface area contributed by atoms with E-state index in [0.29, 0.717) is 0 Å². The summed E-state index contributed by atoms with van der Waals surface area (Å²) in [6.45, 7) is 1.75. The number of esters is 1. The van der Waals surface area contributed by atoms with E-state index >= 15 is 0 Å². The van der Waals surface area contributed by atoms with Gasteiger partial charge in [-0.1, -0.05) is 0 Å². The summed E-state index contributed by atoms with van der Waals surface area (Å²) in [5.74, 6) is -4.41. The number of halogens is 2. The average Bonchev–Trinajstić information content (AvgIpc) is 2.57. The quantitative estimate of drug-likeness (QED) is 0.800. The fourth-order valence-corrected chi connectivity index (χ4v) is 2.68. The van der Waals surface area contributed by atoms with Crippen LogP contribution in [-0.2, 0) is 9.53 Å². The minimum Gasteiger partial charge on any atom is -0.466 e. The van der Waals surface area contributed by atoms with Crippen molar-refractivity contribution in [2.75, 3.05) is 19.7 Å². The second-order valence-electron chi connectivity index (χ2n) is 5.58. The molecule has 2 N–H and O–H groups in total. The van der Waals surface area contributed by atoms with E-state index in [9.17, 15) is 23.2 Å². The van der Waals surface area contributed by atoms with E-state index in [1.807, 2.05) is 0 Å². The van der Waals surface area contributed by atoms with Crippen molar-refractivity contribution in [1.29, 1.82) is 0 Å². The van der Waals surface area contributed by atoms with Crippen LogP contribution in [0.2, 0.25) is 0 Å². The number of nitrogens with zero attached hydrogens (tertiary/aromatic N) is 1. The Balaban J connectivity index is 2.14. The Kier molecular flexibility index (Phi) is 5.89. The fourth-order valence-electron chi connectivity index (χ4n) is 2.68. The van der Waals surface area contributed by atoms with Crippen molar-refractivity contribution >= 4 is 18.0 Å². The van der Waals surface area contributed by atoms with E-state index in [1.165, 1.54) is 0 Å². The Hall–Kier alpha value is -2.71. The molecule has 0 radical (unpaired) electrons. The van der Waals surface area contributed by atoms with Crippen LogP contribution >= 0.6 is 0 Å². The van der Waals surface area contributed by atoms with E-state index < -0.39 is 41.6 Å². The summed E-state index contributed by atoms with van der Waals surface area (Å²) >= 11 is 0. The molecule has 2 atom stereocenters. The van der Waals surface area contributed by atoms with Crippen LogP contribution in [0.15, 0.2) is 18.2 Å². The highest BCUT2D eigenvalue weighted by molar-refractivity contribution is 5.94. The van der Waals surface area contributed by atoms with E-state index in [0.717, 1.165) is 23.1 Å². The zero-order valence-corrected chi connectivity index (χ0v) is 13.5. The normalized spacial score (nSPS) is 20.0. The highest BCUT2D eigenvalue weighted by Gasteiger charge is 2.38. The smallest absolute Gasteiger partial charge is 0.407 e. The summed E-state index contributed by atoms with van der Waals surface area (Å²) in [5, 5.41) is 11.7. The number of rotatable bonds is 4. The van der Waals surface area contributed by atoms with Crippen LogP contribution in [0.3, 0.4) is 0 Å². The summed E-state index contributed by atoms with van der Waals surface area (Å²) in [5.41, 5.74) is -0.0952. The van der Waals surface area contributed by atoms with Crippen molar-refractivity contribution in [2.24, 2.45) is 5.92 Å². The van der Waals surface area contributed by atoms with Gasteiger partial charge in [-0.05, 0) is 31.5 Å². The second kappa shape index (κ2) is 7.91. The summed E-state index contributed by atoms with van der Waals surface area (Å²) in [6, 6.07) is 2.05. The van der Waals surface area contributed by atoms with Crippen molar-refractivity contribution in [3.05, 3.63) is 35.4 Å².